The zero-order chi connectivity index (χ0) is 43.2. The van der Waals surface area contributed by atoms with E-state index in [9.17, 15) is 44.1 Å². The van der Waals surface area contributed by atoms with Crippen molar-refractivity contribution < 1.29 is 72.3 Å². The molecule has 4 fully saturated rings. The summed E-state index contributed by atoms with van der Waals surface area (Å²) < 4.78 is 54.5. The number of alkyl halides is 1. The Bertz CT molecular complexity index is 1460. The first kappa shape index (κ1) is 49.3. The van der Waals surface area contributed by atoms with Gasteiger partial charge in [-0.1, -0.05) is 75.7 Å². The SMILES string of the molecule is CC[C@@H](O)[C@@H](O)[C@H](COC1OC(CONOP(=O)(N[C@@H](C)C(=O)OC(C)C)Oc2ccccc2)C(O)C(O)C1O)NC(=O)CCCCCCCCCCC12CC(F)(C1)C2. The van der Waals surface area contributed by atoms with Crippen molar-refractivity contribution in [3.05, 3.63) is 30.3 Å². The molecule has 1 aromatic rings. The van der Waals surface area contributed by atoms with E-state index < -0.39 is 93.7 Å². The molecule has 0 aromatic heterocycles. The number of unbranched alkanes of at least 4 members (excludes halogenated alkanes) is 7. The molecule has 1 aliphatic heterocycles. The molecular weight excluding hydrogens is 796 g/mol. The molecule has 17 nitrogen and oxygen atoms in total. The second kappa shape index (κ2) is 23.2. The molecule has 3 aliphatic carbocycles. The fraction of sp³-hybridized carbons (Fsp3) is 0.800. The second-order valence-electron chi connectivity index (χ2n) is 16.7. The third-order valence-electron chi connectivity index (χ3n) is 11.1. The van der Waals surface area contributed by atoms with Crippen LogP contribution in [0.1, 0.15) is 118 Å². The molecule has 1 amide bonds. The minimum absolute atomic E-state index is 0.131. The molecule has 59 heavy (non-hydrogen) atoms. The number of rotatable bonds is 29. The van der Waals surface area contributed by atoms with Crippen molar-refractivity contribution in [2.24, 2.45) is 5.41 Å². The average molecular weight is 864 g/mol. The number of halogens is 1. The first-order valence-corrected chi connectivity index (χ1v) is 22.6. The topological polar surface area (TPSA) is 244 Å². The van der Waals surface area contributed by atoms with Crippen molar-refractivity contribution in [2.45, 2.75) is 184 Å². The number of amides is 1. The molecule has 1 aromatic carbocycles. The number of benzene rings is 1. The van der Waals surface area contributed by atoms with Gasteiger partial charge in [0.15, 0.2) is 6.29 Å². The highest BCUT2D eigenvalue weighted by atomic mass is 31.2. The van der Waals surface area contributed by atoms with Gasteiger partial charge in [-0.25, -0.2) is 8.96 Å². The molecule has 3 saturated carbocycles. The summed E-state index contributed by atoms with van der Waals surface area (Å²) in [5.41, 5.74) is 1.49. The number of aliphatic hydroxyl groups excluding tert-OH is 5. The maximum absolute atomic E-state index is 13.7. The number of carbonyl (C=O) groups excluding carboxylic acids is 2. The number of aliphatic hydroxyl groups is 5. The van der Waals surface area contributed by atoms with Crippen molar-refractivity contribution in [1.29, 1.82) is 0 Å². The van der Waals surface area contributed by atoms with Gasteiger partial charge in [0, 0.05) is 6.42 Å². The fourth-order valence-electron chi connectivity index (χ4n) is 7.88. The Hall–Kier alpha value is -2.32. The maximum Gasteiger partial charge on any atom is 0.477 e. The van der Waals surface area contributed by atoms with Gasteiger partial charge in [-0.3, -0.25) is 14.4 Å². The van der Waals surface area contributed by atoms with Gasteiger partial charge in [0.25, 0.3) is 0 Å². The zero-order valence-corrected chi connectivity index (χ0v) is 35.6. The largest absolute Gasteiger partial charge is 0.477 e. The molecule has 0 spiro atoms. The van der Waals surface area contributed by atoms with Crippen LogP contribution >= 0.6 is 7.75 Å². The second-order valence-corrected chi connectivity index (χ2v) is 18.3. The average Bonchev–Trinajstić information content (AvgIpc) is 3.17. The summed E-state index contributed by atoms with van der Waals surface area (Å²) in [4.78, 5) is 30.5. The van der Waals surface area contributed by atoms with Crippen molar-refractivity contribution >= 4 is 19.6 Å². The molecule has 1 saturated heterocycles. The van der Waals surface area contributed by atoms with Gasteiger partial charge < -0.3 is 49.6 Å². The van der Waals surface area contributed by atoms with Crippen LogP contribution in [0.15, 0.2) is 30.3 Å². The van der Waals surface area contributed by atoms with Gasteiger partial charge in [0.1, 0.15) is 48.0 Å². The van der Waals surface area contributed by atoms with Crippen LogP contribution in [0.4, 0.5) is 4.39 Å². The number of ether oxygens (including phenoxy) is 3. The molecule has 4 aliphatic rings. The first-order valence-electron chi connectivity index (χ1n) is 21.0. The van der Waals surface area contributed by atoms with Gasteiger partial charge in [0.2, 0.25) is 5.91 Å². The number of nitrogens with one attached hydrogen (secondary N) is 3. The molecule has 2 bridgehead atoms. The smallest absolute Gasteiger partial charge is 0.462 e. The van der Waals surface area contributed by atoms with E-state index >= 15 is 0 Å². The van der Waals surface area contributed by atoms with Crippen LogP contribution in [-0.4, -0.2) is 117 Å². The number of hydrogen-bond donors (Lipinski definition) is 8. The van der Waals surface area contributed by atoms with Crippen LogP contribution in [0.2, 0.25) is 0 Å². The maximum atomic E-state index is 13.7. The number of esters is 1. The van der Waals surface area contributed by atoms with Crippen molar-refractivity contribution in [3.8, 4) is 5.75 Å². The van der Waals surface area contributed by atoms with E-state index in [1.54, 1.807) is 39.0 Å². The van der Waals surface area contributed by atoms with E-state index in [-0.39, 0.29) is 24.5 Å². The van der Waals surface area contributed by atoms with Crippen LogP contribution in [0.25, 0.3) is 0 Å². The molecule has 0 radical (unpaired) electrons. The van der Waals surface area contributed by atoms with Crippen molar-refractivity contribution in [1.82, 2.24) is 16.0 Å². The summed E-state index contributed by atoms with van der Waals surface area (Å²) in [5.74, 6) is -0.959. The van der Waals surface area contributed by atoms with E-state index in [2.05, 4.69) is 10.4 Å². The number of para-hydroxylation sites is 1. The van der Waals surface area contributed by atoms with E-state index in [0.717, 1.165) is 70.6 Å². The summed E-state index contributed by atoms with van der Waals surface area (Å²) >= 11 is 0. The summed E-state index contributed by atoms with van der Waals surface area (Å²) in [6, 6.07) is 5.70. The third-order valence-corrected chi connectivity index (χ3v) is 12.6. The number of hydrogen-bond acceptors (Lipinski definition) is 15. The highest BCUT2D eigenvalue weighted by Gasteiger charge is 2.68. The predicted octanol–water partition coefficient (Wildman–Crippen LogP) is 3.79. The highest BCUT2D eigenvalue weighted by Crippen LogP contribution is 2.71. The molecule has 338 valence electrons. The van der Waals surface area contributed by atoms with Crippen LogP contribution in [0, 0.1) is 5.41 Å². The zero-order valence-electron chi connectivity index (χ0n) is 34.7. The Kier molecular flexibility index (Phi) is 19.4. The van der Waals surface area contributed by atoms with Crippen LogP contribution < -0.4 is 20.6 Å². The molecule has 10 atom stereocenters. The minimum atomic E-state index is -4.38. The van der Waals surface area contributed by atoms with E-state index in [1.807, 2.05) is 5.64 Å². The van der Waals surface area contributed by atoms with E-state index in [0.29, 0.717) is 11.8 Å². The van der Waals surface area contributed by atoms with Crippen LogP contribution in [-0.2, 0) is 37.8 Å². The highest BCUT2D eigenvalue weighted by molar-refractivity contribution is 7.52. The Labute approximate surface area is 346 Å². The van der Waals surface area contributed by atoms with Gasteiger partial charge in [0.05, 0.1) is 31.5 Å². The van der Waals surface area contributed by atoms with Gasteiger partial charge in [-0.15, -0.1) is 0 Å². The fourth-order valence-corrected chi connectivity index (χ4v) is 9.16. The van der Waals surface area contributed by atoms with Crippen LogP contribution in [0.5, 0.6) is 5.75 Å². The third kappa shape index (κ3) is 15.2. The number of carbonyl (C=O) groups is 2. The Morgan fingerprint density at radius 1 is 0.932 bits per heavy atom. The Morgan fingerprint density at radius 3 is 2.17 bits per heavy atom. The monoisotopic (exact) mass is 863 g/mol. The lowest BCUT2D eigenvalue weighted by molar-refractivity contribution is -0.310. The molecule has 1 heterocycles. The summed E-state index contributed by atoms with van der Waals surface area (Å²) in [6.07, 6.45) is 0.627. The summed E-state index contributed by atoms with van der Waals surface area (Å²) in [7, 11) is -4.38. The van der Waals surface area contributed by atoms with Crippen molar-refractivity contribution in [3.63, 3.8) is 0 Å². The van der Waals surface area contributed by atoms with E-state index in [4.69, 9.17) is 28.2 Å². The van der Waals surface area contributed by atoms with Crippen molar-refractivity contribution in [2.75, 3.05) is 13.2 Å². The summed E-state index contributed by atoms with van der Waals surface area (Å²) in [5, 5.41) is 58.3. The molecule has 6 unspecified atom stereocenters. The normalized spacial score (nSPS) is 29.3. The van der Waals surface area contributed by atoms with Gasteiger partial charge >= 0.3 is 13.7 Å². The molecular formula is C40H67FN3O14P. The van der Waals surface area contributed by atoms with E-state index in [1.165, 1.54) is 19.1 Å². The lowest BCUT2D eigenvalue weighted by atomic mass is 9.41. The van der Waals surface area contributed by atoms with Gasteiger partial charge in [-0.2, -0.15) is 9.71 Å². The van der Waals surface area contributed by atoms with Gasteiger partial charge in [-0.05, 0) is 76.8 Å². The van der Waals surface area contributed by atoms with Crippen LogP contribution in [0.3, 0.4) is 0 Å². The molecule has 19 heteroatoms. The summed E-state index contributed by atoms with van der Waals surface area (Å²) in [6.45, 7) is 5.34. The molecule has 5 rings (SSSR count). The Balaban J connectivity index is 1.20. The lowest BCUT2D eigenvalue weighted by Crippen LogP contribution is -2.64. The first-order chi connectivity index (χ1) is 28.0. The quantitative estimate of drug-likeness (QED) is 0.0247. The molecule has 8 N–H and O–H groups in total. The predicted molar refractivity (Wildman–Crippen MR) is 212 cm³/mol. The lowest BCUT2D eigenvalue weighted by Gasteiger charge is -2.66. The minimum Gasteiger partial charge on any atom is -0.462 e. The standard InChI is InChI=1S/C40H67FN3O14P/c1-5-30(45)33(47)29(42-32(46)19-15-10-8-6-7-9-11-16-20-39-23-40(41,24-39)25-39)21-53-38-36(50)35(49)34(48)31(56-38)22-54-44-58-59(52,57-28-17-13-12-14-18-28)43-27(4)37(51)55-26(2)3/h12-14,17-18,26-27,29-31,33-36,38,44-45,47-50H,5-11,15-16,19-25H2,1-4H3,(H,42,46)(H,43,52)/t27-,29-,30+,31?,33-,34?,35?,36?,38?,39?,40?,59?/m0/s1. The Morgan fingerprint density at radius 2 is 1.56 bits per heavy atom.